The lowest BCUT2D eigenvalue weighted by Crippen LogP contribution is -2.30. The fourth-order valence-corrected chi connectivity index (χ4v) is 2.87. The lowest BCUT2D eigenvalue weighted by atomic mass is 10.2. The minimum Gasteiger partial charge on any atom is -0.488 e. The average molecular weight is 336 g/mol. The van der Waals surface area contributed by atoms with Crippen LogP contribution in [0.4, 0.5) is 0 Å². The van der Waals surface area contributed by atoms with Gasteiger partial charge in [0.15, 0.2) is 0 Å². The van der Waals surface area contributed by atoms with E-state index in [1.807, 2.05) is 50.4 Å². The number of rotatable bonds is 7. The molecule has 1 aromatic heterocycles. The summed E-state index contributed by atoms with van der Waals surface area (Å²) in [5.41, 5.74) is 2.23. The summed E-state index contributed by atoms with van der Waals surface area (Å²) in [4.78, 5) is 11.9. The van der Waals surface area contributed by atoms with Crippen LogP contribution in [-0.2, 0) is 17.9 Å². The number of aryl methyl sites for hydroxylation is 1. The summed E-state index contributed by atoms with van der Waals surface area (Å²) < 4.78 is 8.11. The van der Waals surface area contributed by atoms with Crippen molar-refractivity contribution in [3.05, 3.63) is 66.4 Å². The molecule has 0 aliphatic rings. The minimum absolute atomic E-state index is 0.0772. The molecule has 0 radical (unpaired) electrons. The number of ether oxygens (including phenoxy) is 1. The van der Waals surface area contributed by atoms with Crippen LogP contribution in [-0.4, -0.2) is 16.5 Å². The van der Waals surface area contributed by atoms with Gasteiger partial charge in [0.1, 0.15) is 12.4 Å². The minimum atomic E-state index is 0.0772. The molecule has 1 N–H and O–H groups in total. The number of aromatic nitrogens is 1. The van der Waals surface area contributed by atoms with Crippen molar-refractivity contribution in [1.82, 2.24) is 9.88 Å². The van der Waals surface area contributed by atoms with Crippen LogP contribution in [0.5, 0.6) is 5.75 Å². The van der Waals surface area contributed by atoms with E-state index in [-0.39, 0.29) is 11.9 Å². The maximum atomic E-state index is 11.9. The molecule has 0 saturated carbocycles. The fraction of sp³-hybridized carbons (Fsp3) is 0.286. The Morgan fingerprint density at radius 2 is 1.88 bits per heavy atom. The predicted octanol–water partition coefficient (Wildman–Crippen LogP) is 4.14. The first-order valence-corrected chi connectivity index (χ1v) is 8.67. The van der Waals surface area contributed by atoms with Gasteiger partial charge in [-0.25, -0.2) is 0 Å². The molecule has 1 heterocycles. The molecule has 4 heteroatoms. The fourth-order valence-electron chi connectivity index (χ4n) is 2.87. The second-order valence-corrected chi connectivity index (χ2v) is 6.44. The number of nitrogens with zero attached hydrogens (tertiary/aromatic N) is 1. The van der Waals surface area contributed by atoms with Crippen LogP contribution < -0.4 is 10.1 Å². The third-order valence-electron chi connectivity index (χ3n) is 4.04. The summed E-state index contributed by atoms with van der Waals surface area (Å²) >= 11 is 0. The summed E-state index contributed by atoms with van der Waals surface area (Å²) in [5, 5.41) is 4.00. The van der Waals surface area contributed by atoms with Gasteiger partial charge in [0.25, 0.3) is 0 Å². The molecule has 25 heavy (non-hydrogen) atoms. The van der Waals surface area contributed by atoms with Crippen LogP contribution in [0, 0.1) is 0 Å². The van der Waals surface area contributed by atoms with E-state index in [9.17, 15) is 4.79 Å². The second-order valence-electron chi connectivity index (χ2n) is 6.44. The Balaban J connectivity index is 1.70. The Kier molecular flexibility index (Phi) is 5.39. The first-order valence-electron chi connectivity index (χ1n) is 8.67. The topological polar surface area (TPSA) is 43.3 Å². The number of hydrogen-bond donors (Lipinski definition) is 1. The van der Waals surface area contributed by atoms with Crippen LogP contribution >= 0.6 is 0 Å². The largest absolute Gasteiger partial charge is 0.488 e. The first kappa shape index (κ1) is 17.1. The molecule has 2 aromatic carbocycles. The number of carbonyl (C=O) groups excluding carboxylic acids is 1. The van der Waals surface area contributed by atoms with Crippen LogP contribution in [0.3, 0.4) is 0 Å². The number of benzene rings is 2. The summed E-state index contributed by atoms with van der Waals surface area (Å²) in [5.74, 6) is 0.945. The van der Waals surface area contributed by atoms with Gasteiger partial charge in [0, 0.05) is 30.6 Å². The van der Waals surface area contributed by atoms with E-state index in [1.165, 1.54) is 0 Å². The number of nitrogens with one attached hydrogen (secondary N) is 1. The molecular weight excluding hydrogens is 312 g/mol. The van der Waals surface area contributed by atoms with E-state index < -0.39 is 0 Å². The van der Waals surface area contributed by atoms with Crippen molar-refractivity contribution in [3.63, 3.8) is 0 Å². The van der Waals surface area contributed by atoms with Crippen molar-refractivity contribution < 1.29 is 9.53 Å². The zero-order valence-corrected chi connectivity index (χ0v) is 14.7. The molecule has 0 atom stereocenters. The third-order valence-corrected chi connectivity index (χ3v) is 4.04. The van der Waals surface area contributed by atoms with E-state index >= 15 is 0 Å². The molecule has 3 aromatic rings. The van der Waals surface area contributed by atoms with Crippen LogP contribution in [0.2, 0.25) is 0 Å². The van der Waals surface area contributed by atoms with Crippen LogP contribution in [0.25, 0.3) is 10.9 Å². The molecule has 0 spiro atoms. The summed E-state index contributed by atoms with van der Waals surface area (Å²) in [6, 6.07) is 18.4. The maximum Gasteiger partial charge on any atom is 0.221 e. The van der Waals surface area contributed by atoms with Gasteiger partial charge < -0.3 is 14.6 Å². The summed E-state index contributed by atoms with van der Waals surface area (Å²) in [6.45, 7) is 5.14. The lowest BCUT2D eigenvalue weighted by Gasteiger charge is -2.10. The number of hydrogen-bond acceptors (Lipinski definition) is 2. The zero-order valence-electron chi connectivity index (χ0n) is 14.7. The number of fused-ring (bicyclic) bond motifs is 1. The number of amides is 1. The SMILES string of the molecule is CC(C)NC(=O)CCn1ccc2c(OCc3ccccc3)cccc21. The highest BCUT2D eigenvalue weighted by Crippen LogP contribution is 2.27. The number of carbonyl (C=O) groups is 1. The van der Waals surface area contributed by atoms with Gasteiger partial charge in [-0.3, -0.25) is 4.79 Å². The molecule has 0 bridgehead atoms. The molecule has 130 valence electrons. The Morgan fingerprint density at radius 3 is 2.64 bits per heavy atom. The zero-order chi connectivity index (χ0) is 17.6. The van der Waals surface area contributed by atoms with Crippen molar-refractivity contribution in [2.75, 3.05) is 0 Å². The van der Waals surface area contributed by atoms with Gasteiger partial charge in [0.05, 0.1) is 5.52 Å². The Bertz CT molecular complexity index is 837. The standard InChI is InChI=1S/C21H24N2O2/c1-16(2)22-21(24)12-14-23-13-11-18-19(23)9-6-10-20(18)25-15-17-7-4-3-5-8-17/h3-11,13,16H,12,14-15H2,1-2H3,(H,22,24). The van der Waals surface area contributed by atoms with E-state index in [1.54, 1.807) is 0 Å². The smallest absolute Gasteiger partial charge is 0.221 e. The predicted molar refractivity (Wildman–Crippen MR) is 101 cm³/mol. The van der Waals surface area contributed by atoms with Gasteiger partial charge in [-0.15, -0.1) is 0 Å². The Morgan fingerprint density at radius 1 is 1.08 bits per heavy atom. The molecule has 1 amide bonds. The molecule has 0 fully saturated rings. The van der Waals surface area contributed by atoms with E-state index in [2.05, 4.69) is 34.1 Å². The Labute approximate surface area is 148 Å². The third kappa shape index (κ3) is 4.41. The van der Waals surface area contributed by atoms with Gasteiger partial charge in [-0.1, -0.05) is 36.4 Å². The van der Waals surface area contributed by atoms with Crippen molar-refractivity contribution >= 4 is 16.8 Å². The summed E-state index contributed by atoms with van der Waals surface area (Å²) in [6.07, 6.45) is 2.49. The van der Waals surface area contributed by atoms with Crippen molar-refractivity contribution in [1.29, 1.82) is 0 Å². The van der Waals surface area contributed by atoms with Crippen LogP contribution in [0.1, 0.15) is 25.8 Å². The van der Waals surface area contributed by atoms with Gasteiger partial charge in [-0.05, 0) is 37.6 Å². The quantitative estimate of drug-likeness (QED) is 0.705. The lowest BCUT2D eigenvalue weighted by molar-refractivity contribution is -0.121. The van der Waals surface area contributed by atoms with Crippen molar-refractivity contribution in [3.8, 4) is 5.75 Å². The van der Waals surface area contributed by atoms with Crippen molar-refractivity contribution in [2.24, 2.45) is 0 Å². The van der Waals surface area contributed by atoms with Crippen molar-refractivity contribution in [2.45, 2.75) is 39.5 Å². The highest BCUT2D eigenvalue weighted by molar-refractivity contribution is 5.86. The molecular formula is C21H24N2O2. The van der Waals surface area contributed by atoms with Gasteiger partial charge in [-0.2, -0.15) is 0 Å². The highest BCUT2D eigenvalue weighted by atomic mass is 16.5. The molecule has 4 nitrogen and oxygen atoms in total. The average Bonchev–Trinajstić information content (AvgIpc) is 3.02. The van der Waals surface area contributed by atoms with E-state index in [4.69, 9.17) is 4.74 Å². The first-order chi connectivity index (χ1) is 12.1. The van der Waals surface area contributed by atoms with Gasteiger partial charge in [0.2, 0.25) is 5.91 Å². The molecule has 0 aliphatic heterocycles. The monoisotopic (exact) mass is 336 g/mol. The maximum absolute atomic E-state index is 11.9. The highest BCUT2D eigenvalue weighted by Gasteiger charge is 2.09. The molecule has 3 rings (SSSR count). The molecule has 0 saturated heterocycles. The van der Waals surface area contributed by atoms with Crippen LogP contribution in [0.15, 0.2) is 60.8 Å². The Hall–Kier alpha value is -2.75. The molecule has 0 aliphatic carbocycles. The van der Waals surface area contributed by atoms with E-state index in [0.29, 0.717) is 19.6 Å². The van der Waals surface area contributed by atoms with Gasteiger partial charge >= 0.3 is 0 Å². The second kappa shape index (κ2) is 7.88. The van der Waals surface area contributed by atoms with E-state index in [0.717, 1.165) is 22.2 Å². The summed E-state index contributed by atoms with van der Waals surface area (Å²) in [7, 11) is 0. The normalized spacial score (nSPS) is 11.0. The molecule has 0 unspecified atom stereocenters.